The second kappa shape index (κ2) is 5.58. The number of hydrogen-bond donors (Lipinski definition) is 0. The van der Waals surface area contributed by atoms with Crippen molar-refractivity contribution in [3.63, 3.8) is 0 Å². The van der Waals surface area contributed by atoms with E-state index in [1.165, 1.54) is 0 Å². The van der Waals surface area contributed by atoms with Gasteiger partial charge in [-0.1, -0.05) is 35.3 Å². The average Bonchev–Trinajstić information content (AvgIpc) is 3.22. The second-order valence-electron chi connectivity index (χ2n) is 5.17. The Kier molecular flexibility index (Phi) is 3.81. The highest BCUT2D eigenvalue weighted by molar-refractivity contribution is 6.30. The summed E-state index contributed by atoms with van der Waals surface area (Å²) < 4.78 is 0. The molecule has 1 fully saturated rings. The summed E-state index contributed by atoms with van der Waals surface area (Å²) in [6.07, 6.45) is 2.33. The summed E-state index contributed by atoms with van der Waals surface area (Å²) in [5.74, 6) is 2.21. The van der Waals surface area contributed by atoms with Gasteiger partial charge in [0.2, 0.25) is 0 Å². The smallest absolute Gasteiger partial charge is 0.135 e. The van der Waals surface area contributed by atoms with Crippen molar-refractivity contribution in [2.24, 2.45) is 0 Å². The summed E-state index contributed by atoms with van der Waals surface area (Å²) in [5, 5.41) is 1.25. The van der Waals surface area contributed by atoms with Crippen LogP contribution in [0.3, 0.4) is 0 Å². The summed E-state index contributed by atoms with van der Waals surface area (Å²) >= 11 is 12.1. The molecule has 0 radical (unpaired) electrons. The Morgan fingerprint density at radius 3 is 2.70 bits per heavy atom. The molecule has 1 aromatic carbocycles. The van der Waals surface area contributed by atoms with Crippen LogP contribution in [-0.2, 0) is 6.54 Å². The SMILES string of the molecule is CN(Cc1cccc(Cl)c1)c1cc(Cl)nc(C2CC2)n1. The van der Waals surface area contributed by atoms with Crippen LogP contribution < -0.4 is 4.90 Å². The Morgan fingerprint density at radius 1 is 1.20 bits per heavy atom. The first-order chi connectivity index (χ1) is 9.61. The molecule has 0 bridgehead atoms. The molecule has 1 aliphatic rings. The van der Waals surface area contributed by atoms with Gasteiger partial charge in [0.1, 0.15) is 16.8 Å². The van der Waals surface area contributed by atoms with E-state index in [4.69, 9.17) is 23.2 Å². The van der Waals surface area contributed by atoms with E-state index < -0.39 is 0 Å². The van der Waals surface area contributed by atoms with E-state index in [-0.39, 0.29) is 0 Å². The van der Waals surface area contributed by atoms with E-state index in [1.54, 1.807) is 6.07 Å². The third-order valence-corrected chi connectivity index (χ3v) is 3.77. The molecule has 104 valence electrons. The number of benzene rings is 1. The highest BCUT2D eigenvalue weighted by Crippen LogP contribution is 2.39. The maximum absolute atomic E-state index is 6.10. The zero-order chi connectivity index (χ0) is 14.1. The molecule has 3 nitrogen and oxygen atoms in total. The molecular weight excluding hydrogens is 293 g/mol. The Balaban J connectivity index is 1.81. The zero-order valence-electron chi connectivity index (χ0n) is 11.2. The highest BCUT2D eigenvalue weighted by Gasteiger charge is 2.27. The Bertz CT molecular complexity index is 626. The van der Waals surface area contributed by atoms with Gasteiger partial charge in [-0.3, -0.25) is 0 Å². The predicted molar refractivity (Wildman–Crippen MR) is 82.6 cm³/mol. The molecule has 1 heterocycles. The van der Waals surface area contributed by atoms with Gasteiger partial charge in [-0.25, -0.2) is 9.97 Å². The largest absolute Gasteiger partial charge is 0.355 e. The Morgan fingerprint density at radius 2 is 2.00 bits per heavy atom. The van der Waals surface area contributed by atoms with Crippen molar-refractivity contribution in [2.45, 2.75) is 25.3 Å². The topological polar surface area (TPSA) is 29.0 Å². The molecule has 1 aromatic heterocycles. The Hall–Kier alpha value is -1.32. The molecule has 1 saturated carbocycles. The zero-order valence-corrected chi connectivity index (χ0v) is 12.7. The summed E-state index contributed by atoms with van der Waals surface area (Å²) in [4.78, 5) is 11.0. The van der Waals surface area contributed by atoms with E-state index in [9.17, 15) is 0 Å². The van der Waals surface area contributed by atoms with Crippen molar-refractivity contribution in [2.75, 3.05) is 11.9 Å². The van der Waals surface area contributed by atoms with Crippen molar-refractivity contribution in [3.8, 4) is 0 Å². The lowest BCUT2D eigenvalue weighted by Crippen LogP contribution is -2.18. The predicted octanol–water partition coefficient (Wildman–Crippen LogP) is 4.30. The van der Waals surface area contributed by atoms with E-state index in [0.29, 0.717) is 11.1 Å². The molecule has 0 aliphatic heterocycles. The summed E-state index contributed by atoms with van der Waals surface area (Å²) in [7, 11) is 2.00. The van der Waals surface area contributed by atoms with Crippen LogP contribution in [0, 0.1) is 0 Å². The molecule has 0 saturated heterocycles. The standard InChI is InChI=1S/C15H15Cl2N3/c1-20(9-10-3-2-4-12(16)7-10)14-8-13(17)18-15(19-14)11-5-6-11/h2-4,7-8,11H,5-6,9H2,1H3. The van der Waals surface area contributed by atoms with Crippen molar-refractivity contribution in [3.05, 3.63) is 51.9 Å². The molecule has 2 aromatic rings. The molecule has 0 atom stereocenters. The molecule has 0 amide bonds. The van der Waals surface area contributed by atoms with E-state index in [0.717, 1.165) is 41.6 Å². The second-order valence-corrected chi connectivity index (χ2v) is 5.99. The van der Waals surface area contributed by atoms with Crippen LogP contribution in [0.5, 0.6) is 0 Å². The van der Waals surface area contributed by atoms with Crippen molar-refractivity contribution in [1.82, 2.24) is 9.97 Å². The first-order valence-electron chi connectivity index (χ1n) is 6.62. The van der Waals surface area contributed by atoms with Crippen LogP contribution in [-0.4, -0.2) is 17.0 Å². The van der Waals surface area contributed by atoms with Crippen LogP contribution in [0.2, 0.25) is 10.2 Å². The summed E-state index contributed by atoms with van der Waals surface area (Å²) in [5.41, 5.74) is 1.14. The monoisotopic (exact) mass is 307 g/mol. The molecule has 20 heavy (non-hydrogen) atoms. The minimum absolute atomic E-state index is 0.493. The van der Waals surface area contributed by atoms with Gasteiger partial charge in [0.05, 0.1) is 0 Å². The fourth-order valence-corrected chi connectivity index (χ4v) is 2.53. The van der Waals surface area contributed by atoms with Gasteiger partial charge in [0, 0.05) is 30.6 Å². The molecule has 5 heteroatoms. The molecule has 3 rings (SSSR count). The summed E-state index contributed by atoms with van der Waals surface area (Å²) in [6.45, 7) is 0.734. The first-order valence-corrected chi connectivity index (χ1v) is 7.37. The normalized spacial score (nSPS) is 14.3. The maximum atomic E-state index is 6.10. The number of rotatable bonds is 4. The van der Waals surface area contributed by atoms with Gasteiger partial charge < -0.3 is 4.90 Å². The van der Waals surface area contributed by atoms with E-state index in [1.807, 2.05) is 31.3 Å². The van der Waals surface area contributed by atoms with Crippen LogP contribution in [0.1, 0.15) is 30.1 Å². The number of hydrogen-bond acceptors (Lipinski definition) is 3. The lowest BCUT2D eigenvalue weighted by Gasteiger charge is -2.19. The average molecular weight is 308 g/mol. The minimum atomic E-state index is 0.493. The van der Waals surface area contributed by atoms with E-state index in [2.05, 4.69) is 14.9 Å². The van der Waals surface area contributed by atoms with Gasteiger partial charge in [-0.15, -0.1) is 0 Å². The van der Waals surface area contributed by atoms with Gasteiger partial charge in [-0.2, -0.15) is 0 Å². The quantitative estimate of drug-likeness (QED) is 0.789. The van der Waals surface area contributed by atoms with Crippen molar-refractivity contribution in [1.29, 1.82) is 0 Å². The lowest BCUT2D eigenvalue weighted by atomic mass is 10.2. The van der Waals surface area contributed by atoms with Crippen LogP contribution in [0.25, 0.3) is 0 Å². The van der Waals surface area contributed by atoms with Crippen LogP contribution >= 0.6 is 23.2 Å². The third-order valence-electron chi connectivity index (χ3n) is 3.34. The molecule has 0 spiro atoms. The molecule has 0 N–H and O–H groups in total. The Labute approximate surface area is 128 Å². The fraction of sp³-hybridized carbons (Fsp3) is 0.333. The van der Waals surface area contributed by atoms with Gasteiger partial charge in [0.15, 0.2) is 0 Å². The van der Waals surface area contributed by atoms with Crippen molar-refractivity contribution >= 4 is 29.0 Å². The van der Waals surface area contributed by atoms with E-state index >= 15 is 0 Å². The van der Waals surface area contributed by atoms with Gasteiger partial charge in [-0.05, 0) is 30.5 Å². The van der Waals surface area contributed by atoms with Crippen LogP contribution in [0.4, 0.5) is 5.82 Å². The maximum Gasteiger partial charge on any atom is 0.135 e. The third kappa shape index (κ3) is 3.22. The minimum Gasteiger partial charge on any atom is -0.355 e. The number of halogens is 2. The first kappa shape index (κ1) is 13.7. The van der Waals surface area contributed by atoms with Gasteiger partial charge in [0.25, 0.3) is 0 Å². The molecular formula is C15H15Cl2N3. The number of anilines is 1. The van der Waals surface area contributed by atoms with Crippen LogP contribution in [0.15, 0.2) is 30.3 Å². The van der Waals surface area contributed by atoms with Crippen molar-refractivity contribution < 1.29 is 0 Å². The molecule has 1 aliphatic carbocycles. The van der Waals surface area contributed by atoms with Gasteiger partial charge >= 0.3 is 0 Å². The molecule has 0 unspecified atom stereocenters. The fourth-order valence-electron chi connectivity index (χ4n) is 2.13. The number of nitrogens with zero attached hydrogens (tertiary/aromatic N) is 3. The highest BCUT2D eigenvalue weighted by atomic mass is 35.5. The lowest BCUT2D eigenvalue weighted by molar-refractivity contribution is 0.854. The summed E-state index contributed by atoms with van der Waals surface area (Å²) in [6, 6.07) is 9.64. The number of aromatic nitrogens is 2.